The van der Waals surface area contributed by atoms with Crippen molar-refractivity contribution in [3.8, 4) is 0 Å². The first-order chi connectivity index (χ1) is 10.1. The van der Waals surface area contributed by atoms with Crippen molar-refractivity contribution < 1.29 is 9.90 Å². The monoisotopic (exact) mass is 280 g/mol. The summed E-state index contributed by atoms with van der Waals surface area (Å²) < 4.78 is 1.48. The van der Waals surface area contributed by atoms with Gasteiger partial charge in [0, 0.05) is 0 Å². The van der Waals surface area contributed by atoms with Crippen LogP contribution in [0.5, 0.6) is 0 Å². The third-order valence-electron chi connectivity index (χ3n) is 3.26. The molecule has 3 aromatic rings. The molecule has 1 N–H and O–H groups in total. The molecular weight excluding hydrogens is 268 g/mol. The van der Waals surface area contributed by atoms with Gasteiger partial charge in [-0.3, -0.25) is 9.36 Å². The van der Waals surface area contributed by atoms with E-state index in [1.807, 2.05) is 6.07 Å². The number of aromatic nitrogens is 2. The molecule has 0 spiro atoms. The summed E-state index contributed by atoms with van der Waals surface area (Å²) in [7, 11) is 0. The van der Waals surface area contributed by atoms with Crippen molar-refractivity contribution in [1.82, 2.24) is 9.55 Å². The van der Waals surface area contributed by atoms with Crippen molar-refractivity contribution >= 4 is 16.9 Å². The predicted octanol–water partition coefficient (Wildman–Crippen LogP) is 2.14. The third-order valence-corrected chi connectivity index (χ3v) is 3.26. The first-order valence-corrected chi connectivity index (χ1v) is 6.41. The van der Waals surface area contributed by atoms with Gasteiger partial charge in [0.1, 0.15) is 0 Å². The Morgan fingerprint density at radius 3 is 2.76 bits per heavy atom. The lowest BCUT2D eigenvalue weighted by Crippen LogP contribution is -2.21. The van der Waals surface area contributed by atoms with Gasteiger partial charge in [0.15, 0.2) is 0 Å². The molecule has 5 nitrogen and oxygen atoms in total. The molecule has 0 fully saturated rings. The minimum Gasteiger partial charge on any atom is -0.478 e. The lowest BCUT2D eigenvalue weighted by atomic mass is 10.1. The van der Waals surface area contributed by atoms with Crippen LogP contribution in [-0.2, 0) is 6.54 Å². The maximum absolute atomic E-state index is 12.4. The molecule has 1 aromatic heterocycles. The van der Waals surface area contributed by atoms with Crippen LogP contribution in [0.25, 0.3) is 10.9 Å². The lowest BCUT2D eigenvalue weighted by molar-refractivity contribution is 0.0696. The fourth-order valence-corrected chi connectivity index (χ4v) is 2.22. The van der Waals surface area contributed by atoms with Crippen LogP contribution in [0.2, 0.25) is 0 Å². The molecular formula is C16H12N2O3. The van der Waals surface area contributed by atoms with E-state index in [0.717, 1.165) is 5.56 Å². The van der Waals surface area contributed by atoms with Crippen molar-refractivity contribution in [3.05, 3.63) is 76.3 Å². The van der Waals surface area contributed by atoms with Crippen LogP contribution in [0.15, 0.2) is 59.7 Å². The molecule has 1 heterocycles. The number of carboxylic acid groups (broad SMARTS) is 1. The Hall–Kier alpha value is -2.95. The van der Waals surface area contributed by atoms with Crippen molar-refractivity contribution in [3.63, 3.8) is 0 Å². The maximum atomic E-state index is 12.4. The van der Waals surface area contributed by atoms with Crippen LogP contribution in [0.4, 0.5) is 0 Å². The average molecular weight is 280 g/mol. The topological polar surface area (TPSA) is 72.2 Å². The minimum absolute atomic E-state index is 0.138. The zero-order valence-electron chi connectivity index (χ0n) is 11.1. The highest BCUT2D eigenvalue weighted by atomic mass is 16.4. The zero-order valence-corrected chi connectivity index (χ0v) is 11.1. The van der Waals surface area contributed by atoms with E-state index in [9.17, 15) is 9.59 Å². The SMILES string of the molecule is O=C(O)c1cccc(Cn2cnc3ccccc3c2=O)c1. The number of rotatable bonds is 3. The molecule has 0 aliphatic heterocycles. The number of benzene rings is 2. The van der Waals surface area contributed by atoms with E-state index < -0.39 is 5.97 Å². The molecule has 0 bridgehead atoms. The molecule has 0 amide bonds. The highest BCUT2D eigenvalue weighted by Crippen LogP contribution is 2.08. The molecule has 3 rings (SSSR count). The van der Waals surface area contributed by atoms with Crippen LogP contribution in [-0.4, -0.2) is 20.6 Å². The Morgan fingerprint density at radius 2 is 1.95 bits per heavy atom. The summed E-state index contributed by atoms with van der Waals surface area (Å²) in [5.41, 5.74) is 1.46. The van der Waals surface area contributed by atoms with Gasteiger partial charge in [-0.1, -0.05) is 24.3 Å². The van der Waals surface area contributed by atoms with Gasteiger partial charge in [-0.05, 0) is 29.8 Å². The number of carboxylic acids is 1. The summed E-state index contributed by atoms with van der Waals surface area (Å²) >= 11 is 0. The standard InChI is InChI=1S/C16H12N2O3/c19-15-13-6-1-2-7-14(13)17-10-18(15)9-11-4-3-5-12(8-11)16(20)21/h1-8,10H,9H2,(H,20,21). The summed E-state index contributed by atoms with van der Waals surface area (Å²) in [5, 5.41) is 9.54. The molecule has 21 heavy (non-hydrogen) atoms. The number of nitrogens with zero attached hydrogens (tertiary/aromatic N) is 2. The number of hydrogen-bond acceptors (Lipinski definition) is 3. The molecule has 0 saturated carbocycles. The number of fused-ring (bicyclic) bond motifs is 1. The first kappa shape index (κ1) is 13.1. The van der Waals surface area contributed by atoms with E-state index >= 15 is 0 Å². The molecule has 5 heteroatoms. The zero-order chi connectivity index (χ0) is 14.8. The highest BCUT2D eigenvalue weighted by Gasteiger charge is 2.06. The maximum Gasteiger partial charge on any atom is 0.335 e. The van der Waals surface area contributed by atoms with E-state index in [1.54, 1.807) is 36.4 Å². The van der Waals surface area contributed by atoms with Gasteiger partial charge in [0.05, 0.1) is 29.3 Å². The van der Waals surface area contributed by atoms with E-state index in [-0.39, 0.29) is 17.7 Å². The van der Waals surface area contributed by atoms with E-state index in [2.05, 4.69) is 4.98 Å². The average Bonchev–Trinajstić information content (AvgIpc) is 2.51. The quantitative estimate of drug-likeness (QED) is 0.797. The lowest BCUT2D eigenvalue weighted by Gasteiger charge is -2.07. The van der Waals surface area contributed by atoms with Crippen molar-refractivity contribution in [2.24, 2.45) is 0 Å². The Balaban J connectivity index is 2.02. The van der Waals surface area contributed by atoms with Gasteiger partial charge in [-0.25, -0.2) is 9.78 Å². The molecule has 0 atom stereocenters. The normalized spacial score (nSPS) is 10.7. The van der Waals surface area contributed by atoms with Gasteiger partial charge >= 0.3 is 5.97 Å². The van der Waals surface area contributed by atoms with Crippen LogP contribution in [0.3, 0.4) is 0 Å². The smallest absolute Gasteiger partial charge is 0.335 e. The van der Waals surface area contributed by atoms with Gasteiger partial charge < -0.3 is 5.11 Å². The fraction of sp³-hybridized carbons (Fsp3) is 0.0625. The number of para-hydroxylation sites is 1. The second-order valence-corrected chi connectivity index (χ2v) is 4.70. The summed E-state index contributed by atoms with van der Waals surface area (Å²) in [4.78, 5) is 27.6. The minimum atomic E-state index is -0.985. The Morgan fingerprint density at radius 1 is 1.14 bits per heavy atom. The number of carbonyl (C=O) groups is 1. The van der Waals surface area contributed by atoms with Crippen LogP contribution in [0, 0.1) is 0 Å². The summed E-state index contributed by atoms with van der Waals surface area (Å²) in [6.07, 6.45) is 1.48. The molecule has 0 radical (unpaired) electrons. The van der Waals surface area contributed by atoms with Crippen molar-refractivity contribution in [2.45, 2.75) is 6.54 Å². The van der Waals surface area contributed by atoms with Crippen LogP contribution < -0.4 is 5.56 Å². The Bertz CT molecular complexity index is 884. The summed E-state index contributed by atoms with van der Waals surface area (Å²) in [6, 6.07) is 13.7. The van der Waals surface area contributed by atoms with Gasteiger partial charge in [-0.2, -0.15) is 0 Å². The van der Waals surface area contributed by atoms with Gasteiger partial charge in [-0.15, -0.1) is 0 Å². The Labute approximate surface area is 120 Å². The summed E-state index contributed by atoms with van der Waals surface area (Å²) in [5.74, 6) is -0.985. The molecule has 0 unspecified atom stereocenters. The second kappa shape index (κ2) is 5.20. The van der Waals surface area contributed by atoms with E-state index in [1.165, 1.54) is 17.0 Å². The van der Waals surface area contributed by atoms with Crippen LogP contribution >= 0.6 is 0 Å². The van der Waals surface area contributed by atoms with Crippen molar-refractivity contribution in [2.75, 3.05) is 0 Å². The number of aromatic carboxylic acids is 1. The highest BCUT2D eigenvalue weighted by molar-refractivity contribution is 5.87. The molecule has 0 saturated heterocycles. The first-order valence-electron chi connectivity index (χ1n) is 6.41. The molecule has 104 valence electrons. The van der Waals surface area contributed by atoms with Gasteiger partial charge in [0.2, 0.25) is 0 Å². The third kappa shape index (κ3) is 2.53. The largest absolute Gasteiger partial charge is 0.478 e. The van der Waals surface area contributed by atoms with Crippen molar-refractivity contribution in [1.29, 1.82) is 0 Å². The van der Waals surface area contributed by atoms with E-state index in [0.29, 0.717) is 10.9 Å². The predicted molar refractivity (Wildman–Crippen MR) is 78.5 cm³/mol. The second-order valence-electron chi connectivity index (χ2n) is 4.70. The molecule has 0 aliphatic carbocycles. The molecule has 2 aromatic carbocycles. The fourth-order valence-electron chi connectivity index (χ4n) is 2.22. The van der Waals surface area contributed by atoms with Crippen LogP contribution in [0.1, 0.15) is 15.9 Å². The Kier molecular flexibility index (Phi) is 3.23. The van der Waals surface area contributed by atoms with Gasteiger partial charge in [0.25, 0.3) is 5.56 Å². The summed E-state index contributed by atoms with van der Waals surface area (Å²) in [6.45, 7) is 0.289. The molecule has 0 aliphatic rings. The van der Waals surface area contributed by atoms with E-state index in [4.69, 9.17) is 5.11 Å². The number of hydrogen-bond donors (Lipinski definition) is 1.